The lowest BCUT2D eigenvalue weighted by Crippen LogP contribution is -2.21. The number of benzene rings is 1. The number of anilines is 2. The highest BCUT2D eigenvalue weighted by atomic mass is 35.5. The number of rotatable bonds is 7. The van der Waals surface area contributed by atoms with E-state index in [0.717, 1.165) is 5.56 Å². The SMILES string of the molecule is CN(C/C=C/NC(=O)c1ccc(C(/C=C\N)=C/N)cc1Cl)c1ncc(Cl)c2c(N)noc12. The van der Waals surface area contributed by atoms with E-state index in [1.807, 2.05) is 0 Å². The number of hydrogen-bond acceptors (Lipinski definition) is 8. The third-order valence-corrected chi connectivity index (χ3v) is 5.14. The van der Waals surface area contributed by atoms with Crippen LogP contribution in [0, 0.1) is 0 Å². The number of carbonyl (C=O) groups is 1. The van der Waals surface area contributed by atoms with E-state index in [9.17, 15) is 4.79 Å². The number of nitrogens with two attached hydrogens (primary N) is 3. The topological polar surface area (TPSA) is 149 Å². The number of fused-ring (bicyclic) bond motifs is 1. The Morgan fingerprint density at radius 3 is 2.75 bits per heavy atom. The first kappa shape index (κ1) is 23.0. The van der Waals surface area contributed by atoms with Crippen molar-refractivity contribution >= 4 is 57.3 Å². The maximum atomic E-state index is 12.5. The summed E-state index contributed by atoms with van der Waals surface area (Å²) in [6, 6.07) is 4.99. The van der Waals surface area contributed by atoms with Crippen LogP contribution in [0.4, 0.5) is 11.6 Å². The van der Waals surface area contributed by atoms with Crippen LogP contribution in [-0.2, 0) is 0 Å². The number of hydrogen-bond donors (Lipinski definition) is 4. The van der Waals surface area contributed by atoms with E-state index in [4.69, 9.17) is 44.9 Å². The van der Waals surface area contributed by atoms with Gasteiger partial charge in [0.1, 0.15) is 0 Å². The van der Waals surface area contributed by atoms with E-state index >= 15 is 0 Å². The minimum atomic E-state index is -0.358. The summed E-state index contributed by atoms with van der Waals surface area (Å²) in [5.74, 6) is 0.350. The van der Waals surface area contributed by atoms with Gasteiger partial charge in [-0.3, -0.25) is 4.79 Å². The van der Waals surface area contributed by atoms with Gasteiger partial charge in [0.25, 0.3) is 5.91 Å². The molecule has 0 spiro atoms. The van der Waals surface area contributed by atoms with Crippen molar-refractivity contribution in [1.82, 2.24) is 15.5 Å². The molecular weight excluding hydrogens is 453 g/mol. The van der Waals surface area contributed by atoms with Crippen LogP contribution < -0.4 is 27.4 Å². The molecular formula is C21H21Cl2N7O2. The molecule has 1 amide bonds. The Bertz CT molecular complexity index is 1230. The van der Waals surface area contributed by atoms with Crippen molar-refractivity contribution in [2.24, 2.45) is 11.5 Å². The molecule has 166 valence electrons. The van der Waals surface area contributed by atoms with Gasteiger partial charge >= 0.3 is 0 Å². The highest BCUT2D eigenvalue weighted by molar-refractivity contribution is 6.36. The van der Waals surface area contributed by atoms with Crippen LogP contribution in [0.2, 0.25) is 10.0 Å². The third kappa shape index (κ3) is 4.79. The van der Waals surface area contributed by atoms with Crippen LogP contribution in [0.1, 0.15) is 15.9 Å². The standard InChI is InChI=1S/C21H21Cl2N7O2/c1-30(20-18-17(16(23)11-28-20)19(26)29-32-18)8-2-7-27-21(31)14-4-3-12(9-15(14)22)13(10-25)5-6-24/h2-7,9-11H,8,24-25H2,1H3,(H2,26,29)(H,27,31)/b6-5-,7-2+,13-10+. The van der Waals surface area contributed by atoms with Crippen LogP contribution in [-0.4, -0.2) is 29.6 Å². The van der Waals surface area contributed by atoms with Gasteiger partial charge in [-0.2, -0.15) is 0 Å². The van der Waals surface area contributed by atoms with Crippen molar-refractivity contribution in [3.05, 3.63) is 76.3 Å². The summed E-state index contributed by atoms with van der Waals surface area (Å²) >= 11 is 12.4. The largest absolute Gasteiger partial charge is 0.405 e. The molecule has 0 fully saturated rings. The van der Waals surface area contributed by atoms with Crippen LogP contribution in [0.5, 0.6) is 0 Å². The molecule has 0 aliphatic rings. The van der Waals surface area contributed by atoms with E-state index in [-0.39, 0.29) is 16.7 Å². The molecule has 1 aromatic carbocycles. The van der Waals surface area contributed by atoms with Gasteiger partial charge in [-0.15, -0.1) is 0 Å². The first-order valence-electron chi connectivity index (χ1n) is 9.33. The summed E-state index contributed by atoms with van der Waals surface area (Å²) in [7, 11) is 1.80. The second kappa shape index (κ2) is 10.1. The zero-order valence-electron chi connectivity index (χ0n) is 17.0. The van der Waals surface area contributed by atoms with E-state index in [1.54, 1.807) is 42.3 Å². The second-order valence-electron chi connectivity index (χ2n) is 6.63. The number of nitrogen functional groups attached to an aromatic ring is 1. The van der Waals surface area contributed by atoms with Crippen molar-refractivity contribution in [3.8, 4) is 0 Å². The first-order chi connectivity index (χ1) is 15.4. The van der Waals surface area contributed by atoms with Gasteiger partial charge in [0, 0.05) is 32.2 Å². The van der Waals surface area contributed by atoms with Gasteiger partial charge in [0.05, 0.1) is 21.0 Å². The highest BCUT2D eigenvalue weighted by Gasteiger charge is 2.17. The number of pyridine rings is 1. The van der Waals surface area contributed by atoms with Gasteiger partial charge in [0.15, 0.2) is 11.6 Å². The minimum Gasteiger partial charge on any atom is -0.405 e. The summed E-state index contributed by atoms with van der Waals surface area (Å²) in [5, 5.41) is 7.57. The Kier molecular flexibility index (Phi) is 7.24. The molecule has 0 aliphatic heterocycles. The maximum Gasteiger partial charge on any atom is 0.256 e. The average Bonchev–Trinajstić information content (AvgIpc) is 3.17. The van der Waals surface area contributed by atoms with Crippen LogP contribution in [0.25, 0.3) is 16.5 Å². The van der Waals surface area contributed by atoms with Crippen molar-refractivity contribution in [2.45, 2.75) is 0 Å². The minimum absolute atomic E-state index is 0.195. The maximum absolute atomic E-state index is 12.5. The number of nitrogens with one attached hydrogen (secondary N) is 1. The number of carbonyl (C=O) groups excluding carboxylic acids is 1. The van der Waals surface area contributed by atoms with E-state index in [2.05, 4.69) is 15.5 Å². The van der Waals surface area contributed by atoms with Crippen LogP contribution in [0.15, 0.2) is 59.7 Å². The van der Waals surface area contributed by atoms with Gasteiger partial charge < -0.3 is 31.9 Å². The fraction of sp³-hybridized carbons (Fsp3) is 0.0952. The molecule has 0 aliphatic carbocycles. The summed E-state index contributed by atoms with van der Waals surface area (Å²) < 4.78 is 5.25. The molecule has 0 saturated carbocycles. The molecule has 3 rings (SSSR count). The second-order valence-corrected chi connectivity index (χ2v) is 7.45. The lowest BCUT2D eigenvalue weighted by Gasteiger charge is -2.15. The van der Waals surface area contributed by atoms with Crippen molar-refractivity contribution < 1.29 is 9.32 Å². The summed E-state index contributed by atoms with van der Waals surface area (Å²) in [5.41, 5.74) is 18.9. The van der Waals surface area contributed by atoms with Gasteiger partial charge in [-0.05, 0) is 41.6 Å². The molecule has 2 aromatic heterocycles. The van der Waals surface area contributed by atoms with Crippen molar-refractivity contribution in [2.75, 3.05) is 24.2 Å². The Morgan fingerprint density at radius 2 is 2.06 bits per heavy atom. The summed E-state index contributed by atoms with van der Waals surface area (Å²) in [6.07, 6.45) is 9.16. The zero-order chi connectivity index (χ0) is 23.3. The Morgan fingerprint density at radius 1 is 1.28 bits per heavy atom. The quantitative estimate of drug-likeness (QED) is 0.381. The molecule has 3 aromatic rings. The molecule has 7 N–H and O–H groups in total. The molecule has 0 saturated heterocycles. The molecule has 2 heterocycles. The number of aromatic nitrogens is 2. The Balaban J connectivity index is 1.65. The van der Waals surface area contributed by atoms with Crippen molar-refractivity contribution in [3.63, 3.8) is 0 Å². The fourth-order valence-corrected chi connectivity index (χ4v) is 3.44. The predicted octanol–water partition coefficient (Wildman–Crippen LogP) is 3.26. The monoisotopic (exact) mass is 473 g/mol. The van der Waals surface area contributed by atoms with E-state index < -0.39 is 0 Å². The summed E-state index contributed by atoms with van der Waals surface area (Å²) in [4.78, 5) is 18.5. The molecule has 0 radical (unpaired) electrons. The lowest BCUT2D eigenvalue weighted by atomic mass is 10.0. The first-order valence-corrected chi connectivity index (χ1v) is 10.1. The molecule has 0 unspecified atom stereocenters. The van der Waals surface area contributed by atoms with Crippen LogP contribution >= 0.6 is 23.2 Å². The predicted molar refractivity (Wildman–Crippen MR) is 128 cm³/mol. The number of likely N-dealkylation sites (N-methyl/N-ethyl adjacent to an activating group) is 1. The van der Waals surface area contributed by atoms with Gasteiger partial charge in [0.2, 0.25) is 5.58 Å². The smallest absolute Gasteiger partial charge is 0.256 e. The Labute approximate surface area is 194 Å². The average molecular weight is 474 g/mol. The molecule has 0 atom stereocenters. The van der Waals surface area contributed by atoms with Crippen molar-refractivity contribution in [1.29, 1.82) is 0 Å². The number of halogens is 2. The highest BCUT2D eigenvalue weighted by Crippen LogP contribution is 2.33. The zero-order valence-corrected chi connectivity index (χ0v) is 18.6. The summed E-state index contributed by atoms with van der Waals surface area (Å²) in [6.45, 7) is 0.410. The third-order valence-electron chi connectivity index (χ3n) is 4.54. The van der Waals surface area contributed by atoms with E-state index in [0.29, 0.717) is 39.5 Å². The fourth-order valence-electron chi connectivity index (χ4n) is 2.94. The Hall–Kier alpha value is -3.69. The lowest BCUT2D eigenvalue weighted by molar-refractivity contribution is 0.0970. The van der Waals surface area contributed by atoms with Gasteiger partial charge in [-0.1, -0.05) is 34.4 Å². The van der Waals surface area contributed by atoms with E-state index in [1.165, 1.54) is 24.8 Å². The molecule has 11 heteroatoms. The molecule has 0 bridgehead atoms. The number of allylic oxidation sites excluding steroid dienone is 2. The normalized spacial score (nSPS) is 12.2. The number of nitrogens with zero attached hydrogens (tertiary/aromatic N) is 3. The molecule has 32 heavy (non-hydrogen) atoms. The number of amides is 1. The van der Waals surface area contributed by atoms with Gasteiger partial charge in [-0.25, -0.2) is 4.98 Å². The molecule has 9 nitrogen and oxygen atoms in total. The van der Waals surface area contributed by atoms with Crippen LogP contribution in [0.3, 0.4) is 0 Å².